The molecule has 0 unspecified atom stereocenters. The van der Waals surface area contributed by atoms with Crippen LogP contribution in [0.3, 0.4) is 0 Å². The van der Waals surface area contributed by atoms with E-state index in [0.717, 1.165) is 11.3 Å². The van der Waals surface area contributed by atoms with Crippen LogP contribution in [0.4, 0.5) is 10.8 Å². The first-order valence-corrected chi connectivity index (χ1v) is 11.5. The van der Waals surface area contributed by atoms with Crippen LogP contribution in [0.15, 0.2) is 34.7 Å². The fourth-order valence-electron chi connectivity index (χ4n) is 3.48. The van der Waals surface area contributed by atoms with E-state index in [9.17, 15) is 13.2 Å². The van der Waals surface area contributed by atoms with Gasteiger partial charge in [0, 0.05) is 12.1 Å². The number of carbonyl (C=O) groups is 1. The van der Waals surface area contributed by atoms with E-state index in [0.29, 0.717) is 23.9 Å². The lowest BCUT2D eigenvalue weighted by Crippen LogP contribution is -2.22. The highest BCUT2D eigenvalue weighted by molar-refractivity contribution is 7.93. The van der Waals surface area contributed by atoms with Gasteiger partial charge in [-0.3, -0.25) is 9.52 Å². The average Bonchev–Trinajstić information content (AvgIpc) is 3.15. The van der Waals surface area contributed by atoms with Crippen LogP contribution in [0.5, 0.6) is 0 Å². The molecular weight excluding hydrogens is 384 g/mol. The van der Waals surface area contributed by atoms with Gasteiger partial charge in [-0.05, 0) is 36.1 Å². The highest BCUT2D eigenvalue weighted by atomic mass is 32.2. The molecule has 0 spiro atoms. The molecule has 7 nitrogen and oxygen atoms in total. The predicted molar refractivity (Wildman–Crippen MR) is 106 cm³/mol. The molecule has 9 heteroatoms. The third-order valence-corrected chi connectivity index (χ3v) is 7.08. The normalized spacial score (nSPS) is 16.6. The number of sulfonamides is 1. The van der Waals surface area contributed by atoms with E-state index in [4.69, 9.17) is 0 Å². The number of aromatic nitrogens is 2. The van der Waals surface area contributed by atoms with Crippen molar-refractivity contribution in [2.45, 2.75) is 50.3 Å². The fraction of sp³-hybridized carbons (Fsp3) is 0.500. The molecule has 1 aromatic heterocycles. The maximum absolute atomic E-state index is 12.3. The van der Waals surface area contributed by atoms with Crippen LogP contribution in [0.1, 0.15) is 45.4 Å². The Balaban J connectivity index is 1.56. The minimum atomic E-state index is -3.72. The molecule has 0 saturated heterocycles. The van der Waals surface area contributed by atoms with Gasteiger partial charge in [0.25, 0.3) is 10.0 Å². The number of nitrogens with one attached hydrogen (secondary N) is 2. The number of hydrogen-bond acceptors (Lipinski definition) is 6. The lowest BCUT2D eigenvalue weighted by molar-refractivity contribution is -0.117. The van der Waals surface area contributed by atoms with Gasteiger partial charge in [-0.25, -0.2) is 8.42 Å². The standard InChI is InChI=1S/C18H24N4O3S2/c1-13(14-5-3-2-4-6-14)11-17(23)20-15-7-9-16(10-8-15)27(24,25)22-18-21-19-12-26-18/h7-10,12-14H,2-6,11H2,1H3,(H,20,23)(H,21,22)/t13-/m1/s1. The predicted octanol–water partition coefficient (Wildman–Crippen LogP) is 3.88. The zero-order chi connectivity index (χ0) is 19.3. The molecule has 1 heterocycles. The van der Waals surface area contributed by atoms with E-state index in [1.165, 1.54) is 49.7 Å². The summed E-state index contributed by atoms with van der Waals surface area (Å²) in [4.78, 5) is 12.4. The first-order chi connectivity index (χ1) is 12.9. The third-order valence-electron chi connectivity index (χ3n) is 4.99. The van der Waals surface area contributed by atoms with E-state index in [-0.39, 0.29) is 15.9 Å². The second-order valence-electron chi connectivity index (χ2n) is 7.00. The number of rotatable bonds is 7. The van der Waals surface area contributed by atoms with E-state index in [1.54, 1.807) is 12.1 Å². The third kappa shape index (κ3) is 5.49. The molecule has 1 aromatic carbocycles. The topological polar surface area (TPSA) is 101 Å². The molecule has 1 aliphatic rings. The van der Waals surface area contributed by atoms with Crippen molar-refractivity contribution in [3.05, 3.63) is 29.8 Å². The molecule has 2 aromatic rings. The largest absolute Gasteiger partial charge is 0.326 e. The zero-order valence-electron chi connectivity index (χ0n) is 15.2. The molecule has 0 radical (unpaired) electrons. The Kier molecular flexibility index (Phi) is 6.43. The summed E-state index contributed by atoms with van der Waals surface area (Å²) >= 11 is 1.10. The van der Waals surface area contributed by atoms with Gasteiger partial charge in [-0.15, -0.1) is 10.2 Å². The van der Waals surface area contributed by atoms with Crippen molar-refractivity contribution >= 4 is 38.1 Å². The quantitative estimate of drug-likeness (QED) is 0.724. The molecule has 0 bridgehead atoms. The maximum atomic E-state index is 12.3. The monoisotopic (exact) mass is 408 g/mol. The van der Waals surface area contributed by atoms with Crippen molar-refractivity contribution in [1.82, 2.24) is 10.2 Å². The van der Waals surface area contributed by atoms with Crippen LogP contribution in [0, 0.1) is 11.8 Å². The second-order valence-corrected chi connectivity index (χ2v) is 9.52. The van der Waals surface area contributed by atoms with E-state index in [2.05, 4.69) is 27.2 Å². The summed E-state index contributed by atoms with van der Waals surface area (Å²) in [5.41, 5.74) is 2.04. The molecule has 1 amide bonds. The van der Waals surface area contributed by atoms with Crippen LogP contribution < -0.4 is 10.0 Å². The Morgan fingerprint density at radius 1 is 1.22 bits per heavy atom. The van der Waals surface area contributed by atoms with Gasteiger partial charge in [-0.2, -0.15) is 0 Å². The van der Waals surface area contributed by atoms with Gasteiger partial charge in [-0.1, -0.05) is 50.4 Å². The first kappa shape index (κ1) is 19.8. The van der Waals surface area contributed by atoms with E-state index >= 15 is 0 Å². The summed E-state index contributed by atoms with van der Waals surface area (Å²) in [5.74, 6) is 0.958. The molecule has 2 N–H and O–H groups in total. The number of hydrogen-bond donors (Lipinski definition) is 2. The molecule has 27 heavy (non-hydrogen) atoms. The lowest BCUT2D eigenvalue weighted by Gasteiger charge is -2.27. The van der Waals surface area contributed by atoms with Crippen molar-refractivity contribution in [3.8, 4) is 0 Å². The molecule has 146 valence electrons. The number of amides is 1. The number of anilines is 2. The van der Waals surface area contributed by atoms with Crippen molar-refractivity contribution in [1.29, 1.82) is 0 Å². The van der Waals surface area contributed by atoms with Crippen LogP contribution >= 0.6 is 11.3 Å². The van der Waals surface area contributed by atoms with Gasteiger partial charge >= 0.3 is 0 Å². The Hall–Kier alpha value is -2.00. The second kappa shape index (κ2) is 8.79. The van der Waals surface area contributed by atoms with Crippen LogP contribution in [0.25, 0.3) is 0 Å². The first-order valence-electron chi connectivity index (χ1n) is 9.13. The Bertz CT molecular complexity index is 845. The van der Waals surface area contributed by atoms with Gasteiger partial charge in [0.15, 0.2) is 0 Å². The van der Waals surface area contributed by atoms with Gasteiger partial charge in [0.05, 0.1) is 4.90 Å². The van der Waals surface area contributed by atoms with E-state index in [1.807, 2.05) is 0 Å². The summed E-state index contributed by atoms with van der Waals surface area (Å²) in [5, 5.41) is 10.3. The summed E-state index contributed by atoms with van der Waals surface area (Å²) in [6.45, 7) is 2.14. The van der Waals surface area contributed by atoms with E-state index < -0.39 is 10.0 Å². The number of benzene rings is 1. The molecule has 0 aliphatic heterocycles. The minimum Gasteiger partial charge on any atom is -0.326 e. The molecule has 1 atom stereocenters. The summed E-state index contributed by atoms with van der Waals surface area (Å²) in [6.07, 6.45) is 6.74. The van der Waals surface area contributed by atoms with Crippen LogP contribution in [-0.4, -0.2) is 24.5 Å². The van der Waals surface area contributed by atoms with Crippen molar-refractivity contribution in [3.63, 3.8) is 0 Å². The summed E-state index contributed by atoms with van der Waals surface area (Å²) < 4.78 is 27.0. The average molecular weight is 409 g/mol. The maximum Gasteiger partial charge on any atom is 0.263 e. The minimum absolute atomic E-state index is 0.0318. The van der Waals surface area contributed by atoms with Gasteiger partial charge in [0.1, 0.15) is 5.51 Å². The van der Waals surface area contributed by atoms with Crippen molar-refractivity contribution in [2.75, 3.05) is 10.0 Å². The van der Waals surface area contributed by atoms with Crippen molar-refractivity contribution in [2.24, 2.45) is 11.8 Å². The highest BCUT2D eigenvalue weighted by Gasteiger charge is 2.22. The molecular formula is C18H24N4O3S2. The SMILES string of the molecule is C[C@H](CC(=O)Nc1ccc(S(=O)(=O)Nc2nncs2)cc1)C1CCCCC1. The van der Waals surface area contributed by atoms with Crippen LogP contribution in [-0.2, 0) is 14.8 Å². The Morgan fingerprint density at radius 2 is 1.93 bits per heavy atom. The fourth-order valence-corrected chi connectivity index (χ4v) is 5.18. The summed E-state index contributed by atoms with van der Waals surface area (Å²) in [7, 11) is -3.72. The number of nitrogens with zero attached hydrogens (tertiary/aromatic N) is 2. The molecule has 3 rings (SSSR count). The molecule has 1 aliphatic carbocycles. The molecule has 1 saturated carbocycles. The Morgan fingerprint density at radius 3 is 2.56 bits per heavy atom. The highest BCUT2D eigenvalue weighted by Crippen LogP contribution is 2.31. The smallest absolute Gasteiger partial charge is 0.263 e. The molecule has 1 fully saturated rings. The zero-order valence-corrected chi connectivity index (χ0v) is 16.9. The lowest BCUT2D eigenvalue weighted by atomic mass is 9.79. The van der Waals surface area contributed by atoms with Crippen molar-refractivity contribution < 1.29 is 13.2 Å². The van der Waals surface area contributed by atoms with Crippen LogP contribution in [0.2, 0.25) is 0 Å². The van der Waals surface area contributed by atoms with Gasteiger partial charge < -0.3 is 5.32 Å². The van der Waals surface area contributed by atoms with Gasteiger partial charge in [0.2, 0.25) is 11.0 Å². The summed E-state index contributed by atoms with van der Waals surface area (Å²) in [6, 6.07) is 6.11. The number of carbonyl (C=O) groups excluding carboxylic acids is 1. The Labute approximate surface area is 163 Å².